The van der Waals surface area contributed by atoms with Crippen LogP contribution in [0.1, 0.15) is 17.2 Å². The first-order valence-corrected chi connectivity index (χ1v) is 8.77. The van der Waals surface area contributed by atoms with Gasteiger partial charge in [0.15, 0.2) is 6.61 Å². The highest BCUT2D eigenvalue weighted by Crippen LogP contribution is 2.20. The molecule has 1 unspecified atom stereocenters. The molecule has 1 aromatic carbocycles. The summed E-state index contributed by atoms with van der Waals surface area (Å²) in [4.78, 5) is 3.58. The molecule has 1 N–H and O–H groups in total. The number of pyridine rings is 1. The molecule has 1 heterocycles. The lowest BCUT2D eigenvalue weighted by Crippen LogP contribution is -2.19. The molecule has 26 heavy (non-hydrogen) atoms. The van der Waals surface area contributed by atoms with Gasteiger partial charge in [-0.15, -0.1) is 0 Å². The highest BCUT2D eigenvalue weighted by atomic mass is 32.2. The van der Waals surface area contributed by atoms with E-state index in [4.69, 9.17) is 4.18 Å². The molecule has 0 aliphatic heterocycles. The molecule has 0 saturated heterocycles. The number of hydrogen-bond acceptors (Lipinski definition) is 6. The van der Waals surface area contributed by atoms with Gasteiger partial charge in [0, 0.05) is 17.8 Å². The Morgan fingerprint density at radius 2 is 1.81 bits per heavy atom. The molecule has 2 aromatic rings. The summed E-state index contributed by atoms with van der Waals surface area (Å²) in [5, 5.41) is 9.97. The summed E-state index contributed by atoms with van der Waals surface area (Å²) in [6, 6.07) is 8.38. The molecule has 0 spiro atoms. The van der Waals surface area contributed by atoms with E-state index in [1.165, 1.54) is 18.2 Å². The Morgan fingerprint density at radius 3 is 2.35 bits per heavy atom. The fourth-order valence-corrected chi connectivity index (χ4v) is 2.77. The predicted molar refractivity (Wildman–Crippen MR) is 85.1 cm³/mol. The predicted octanol–water partition coefficient (Wildman–Crippen LogP) is 2.77. The minimum absolute atomic E-state index is 0.0516. The van der Waals surface area contributed by atoms with Crippen LogP contribution in [0.15, 0.2) is 47.5 Å². The van der Waals surface area contributed by atoms with Crippen molar-refractivity contribution in [3.05, 3.63) is 53.7 Å². The number of aliphatic hydroxyl groups excluding tert-OH is 1. The second-order valence-corrected chi connectivity index (χ2v) is 7.02. The molecule has 0 aliphatic rings. The van der Waals surface area contributed by atoms with Crippen LogP contribution < -0.4 is 4.74 Å². The third-order valence-electron chi connectivity index (χ3n) is 3.22. The van der Waals surface area contributed by atoms with Crippen molar-refractivity contribution in [3.8, 4) is 5.88 Å². The summed E-state index contributed by atoms with van der Waals surface area (Å²) < 4.78 is 69.5. The first kappa shape index (κ1) is 20.1. The van der Waals surface area contributed by atoms with Gasteiger partial charge in [0.2, 0.25) is 5.88 Å². The molecule has 10 heteroatoms. The van der Waals surface area contributed by atoms with Gasteiger partial charge in [0.25, 0.3) is 10.1 Å². The maximum atomic E-state index is 12.1. The normalized spacial score (nSPS) is 13.4. The van der Waals surface area contributed by atoms with Crippen LogP contribution in [0.25, 0.3) is 0 Å². The van der Waals surface area contributed by atoms with Gasteiger partial charge in [-0.2, -0.15) is 21.6 Å². The van der Waals surface area contributed by atoms with Crippen molar-refractivity contribution in [2.75, 3.05) is 13.2 Å². The Labute approximate surface area is 148 Å². The molecule has 0 bridgehead atoms. The number of alkyl halides is 3. The lowest BCUT2D eigenvalue weighted by molar-refractivity contribution is -0.154. The number of nitrogens with zero attached hydrogens (tertiary/aromatic N) is 1. The third-order valence-corrected chi connectivity index (χ3v) is 4.51. The molecule has 2 rings (SSSR count). The number of hydrogen-bond donors (Lipinski definition) is 1. The van der Waals surface area contributed by atoms with Crippen molar-refractivity contribution >= 4 is 10.1 Å². The first-order valence-electron chi connectivity index (χ1n) is 7.36. The van der Waals surface area contributed by atoms with Gasteiger partial charge in [-0.1, -0.05) is 17.7 Å². The van der Waals surface area contributed by atoms with E-state index < -0.39 is 35.6 Å². The van der Waals surface area contributed by atoms with Crippen LogP contribution in [0.2, 0.25) is 0 Å². The zero-order valence-electron chi connectivity index (χ0n) is 13.6. The second kappa shape index (κ2) is 8.02. The largest absolute Gasteiger partial charge is 0.468 e. The van der Waals surface area contributed by atoms with Gasteiger partial charge < -0.3 is 9.84 Å². The minimum Gasteiger partial charge on any atom is -0.468 e. The highest BCUT2D eigenvalue weighted by Gasteiger charge is 2.28. The fraction of sp³-hybridized carbons (Fsp3) is 0.312. The molecule has 0 radical (unpaired) electrons. The molecule has 0 fully saturated rings. The standard InChI is InChI=1S/C16H16F3NO5S/c1-11-2-5-13(6-3-11)26(22,23)25-9-14(21)12-4-7-15(20-8-12)24-10-16(17,18)19/h2-8,14,21H,9-10H2,1H3. The van der Waals surface area contributed by atoms with Crippen LogP contribution in [0, 0.1) is 6.92 Å². The molecule has 0 amide bonds. The summed E-state index contributed by atoms with van der Waals surface area (Å²) in [5.74, 6) is -0.272. The summed E-state index contributed by atoms with van der Waals surface area (Å²) in [5.41, 5.74) is 1.05. The lowest BCUT2D eigenvalue weighted by Gasteiger charge is -2.13. The van der Waals surface area contributed by atoms with Gasteiger partial charge in [-0.05, 0) is 25.1 Å². The SMILES string of the molecule is Cc1ccc(S(=O)(=O)OCC(O)c2ccc(OCC(F)(F)F)nc2)cc1. The van der Waals surface area contributed by atoms with Crippen LogP contribution in [0.3, 0.4) is 0 Å². The molecular weight excluding hydrogens is 375 g/mol. The molecule has 142 valence electrons. The summed E-state index contributed by atoms with van der Waals surface area (Å²) in [7, 11) is -4.04. The van der Waals surface area contributed by atoms with E-state index in [1.807, 2.05) is 0 Å². The van der Waals surface area contributed by atoms with Crippen molar-refractivity contribution in [2.45, 2.75) is 24.1 Å². The molecule has 1 aromatic heterocycles. The van der Waals surface area contributed by atoms with E-state index in [9.17, 15) is 26.7 Å². The Hall–Kier alpha value is -2.17. The zero-order valence-corrected chi connectivity index (χ0v) is 14.4. The topological polar surface area (TPSA) is 85.7 Å². The number of rotatable bonds is 7. The average Bonchev–Trinajstić information content (AvgIpc) is 2.58. The molecule has 1 atom stereocenters. The molecular formula is C16H16F3NO5S. The fourth-order valence-electron chi connectivity index (χ4n) is 1.85. The molecule has 6 nitrogen and oxygen atoms in total. The number of aryl methyl sites for hydroxylation is 1. The van der Waals surface area contributed by atoms with Gasteiger partial charge in [0.05, 0.1) is 11.5 Å². The van der Waals surface area contributed by atoms with E-state index >= 15 is 0 Å². The maximum Gasteiger partial charge on any atom is 0.422 e. The zero-order chi connectivity index (χ0) is 19.4. The van der Waals surface area contributed by atoms with E-state index in [0.717, 1.165) is 17.8 Å². The second-order valence-electron chi connectivity index (χ2n) is 5.40. The highest BCUT2D eigenvalue weighted by molar-refractivity contribution is 7.86. The van der Waals surface area contributed by atoms with Crippen molar-refractivity contribution in [3.63, 3.8) is 0 Å². The van der Waals surface area contributed by atoms with Crippen molar-refractivity contribution < 1.29 is 35.6 Å². The number of aliphatic hydroxyl groups is 1. The maximum absolute atomic E-state index is 12.1. The number of ether oxygens (including phenoxy) is 1. The van der Waals surface area contributed by atoms with E-state index in [1.54, 1.807) is 19.1 Å². The Morgan fingerprint density at radius 1 is 1.15 bits per heavy atom. The van der Waals surface area contributed by atoms with E-state index in [-0.39, 0.29) is 16.3 Å². The Kier molecular flexibility index (Phi) is 6.21. The Balaban J connectivity index is 1.95. The van der Waals surface area contributed by atoms with Crippen LogP contribution in [0.4, 0.5) is 13.2 Å². The number of aromatic nitrogens is 1. The van der Waals surface area contributed by atoms with Crippen LogP contribution >= 0.6 is 0 Å². The van der Waals surface area contributed by atoms with E-state index in [2.05, 4.69) is 9.72 Å². The first-order chi connectivity index (χ1) is 12.1. The summed E-state index contributed by atoms with van der Waals surface area (Å²) in [6.45, 7) is -0.253. The molecule has 0 aliphatic carbocycles. The Bertz CT molecular complexity index is 820. The monoisotopic (exact) mass is 391 g/mol. The van der Waals surface area contributed by atoms with E-state index in [0.29, 0.717) is 0 Å². The lowest BCUT2D eigenvalue weighted by atomic mass is 10.2. The van der Waals surface area contributed by atoms with Crippen molar-refractivity contribution in [1.82, 2.24) is 4.98 Å². The van der Waals surface area contributed by atoms with Crippen LogP contribution in [-0.2, 0) is 14.3 Å². The van der Waals surface area contributed by atoms with Gasteiger partial charge in [-0.3, -0.25) is 4.18 Å². The van der Waals surface area contributed by atoms with Gasteiger partial charge in [0.1, 0.15) is 6.10 Å². The van der Waals surface area contributed by atoms with Gasteiger partial charge >= 0.3 is 6.18 Å². The van der Waals surface area contributed by atoms with Crippen molar-refractivity contribution in [1.29, 1.82) is 0 Å². The third kappa shape index (κ3) is 5.97. The summed E-state index contributed by atoms with van der Waals surface area (Å²) >= 11 is 0. The average molecular weight is 391 g/mol. The summed E-state index contributed by atoms with van der Waals surface area (Å²) in [6.07, 6.45) is -4.74. The van der Waals surface area contributed by atoms with Crippen LogP contribution in [0.5, 0.6) is 5.88 Å². The number of benzene rings is 1. The quantitative estimate of drug-likeness (QED) is 0.731. The minimum atomic E-state index is -4.49. The smallest absolute Gasteiger partial charge is 0.422 e. The van der Waals surface area contributed by atoms with Crippen LogP contribution in [-0.4, -0.2) is 37.9 Å². The van der Waals surface area contributed by atoms with Crippen molar-refractivity contribution in [2.24, 2.45) is 0 Å². The molecule has 0 saturated carbocycles. The van der Waals surface area contributed by atoms with Gasteiger partial charge in [-0.25, -0.2) is 4.98 Å². The number of halogens is 3.